The Morgan fingerprint density at radius 1 is 1.35 bits per heavy atom. The highest BCUT2D eigenvalue weighted by atomic mass is 16.4. The standard InChI is InChI=1S/C14H21N3O3/c1-14(2,9-18)17(3)12(19)8-10-4-6-11(7-5-10)13(15)16-20/h4-7,18,20H,8-9H2,1-3H3,(H2,15,16). The first-order valence-electron chi connectivity index (χ1n) is 6.26. The van der Waals surface area contributed by atoms with Crippen LogP contribution in [-0.4, -0.2) is 46.1 Å². The van der Waals surface area contributed by atoms with Crippen LogP contribution in [0.5, 0.6) is 0 Å². The average molecular weight is 279 g/mol. The Labute approximate surface area is 118 Å². The van der Waals surface area contributed by atoms with Gasteiger partial charge in [0, 0.05) is 12.6 Å². The number of amidine groups is 1. The number of carbonyl (C=O) groups is 1. The van der Waals surface area contributed by atoms with E-state index in [1.54, 1.807) is 45.2 Å². The molecule has 1 aromatic carbocycles. The summed E-state index contributed by atoms with van der Waals surface area (Å²) in [7, 11) is 1.67. The molecular weight excluding hydrogens is 258 g/mol. The van der Waals surface area contributed by atoms with Crippen molar-refractivity contribution in [2.24, 2.45) is 10.9 Å². The fraction of sp³-hybridized carbons (Fsp3) is 0.429. The highest BCUT2D eigenvalue weighted by molar-refractivity contribution is 5.97. The number of nitrogens with two attached hydrogens (primary N) is 1. The van der Waals surface area contributed by atoms with E-state index in [1.807, 2.05) is 0 Å². The Kier molecular flexibility index (Phi) is 5.10. The van der Waals surface area contributed by atoms with E-state index in [0.29, 0.717) is 5.56 Å². The van der Waals surface area contributed by atoms with Crippen molar-refractivity contribution in [2.45, 2.75) is 25.8 Å². The number of oxime groups is 1. The Morgan fingerprint density at radius 3 is 2.35 bits per heavy atom. The Balaban J connectivity index is 2.77. The lowest BCUT2D eigenvalue weighted by atomic mass is 10.0. The van der Waals surface area contributed by atoms with Gasteiger partial charge < -0.3 is 20.9 Å². The highest BCUT2D eigenvalue weighted by Gasteiger charge is 2.26. The van der Waals surface area contributed by atoms with E-state index < -0.39 is 5.54 Å². The molecule has 0 unspecified atom stereocenters. The smallest absolute Gasteiger partial charge is 0.227 e. The molecule has 1 amide bonds. The van der Waals surface area contributed by atoms with Gasteiger partial charge in [0.25, 0.3) is 0 Å². The van der Waals surface area contributed by atoms with Gasteiger partial charge in [-0.15, -0.1) is 0 Å². The molecule has 6 heteroatoms. The van der Waals surface area contributed by atoms with Gasteiger partial charge in [0.15, 0.2) is 5.84 Å². The molecule has 1 rings (SSSR count). The van der Waals surface area contributed by atoms with Crippen LogP contribution in [0.3, 0.4) is 0 Å². The fourth-order valence-electron chi connectivity index (χ4n) is 1.59. The summed E-state index contributed by atoms with van der Waals surface area (Å²) in [5.41, 5.74) is 6.29. The van der Waals surface area contributed by atoms with Crippen molar-refractivity contribution < 1.29 is 15.1 Å². The van der Waals surface area contributed by atoms with E-state index in [1.165, 1.54) is 4.90 Å². The molecule has 1 aromatic rings. The number of hydrogen-bond donors (Lipinski definition) is 3. The lowest BCUT2D eigenvalue weighted by molar-refractivity contribution is -0.135. The minimum Gasteiger partial charge on any atom is -0.409 e. The zero-order chi connectivity index (χ0) is 15.3. The molecule has 0 aliphatic carbocycles. The fourth-order valence-corrected chi connectivity index (χ4v) is 1.59. The van der Waals surface area contributed by atoms with Crippen LogP contribution in [0.25, 0.3) is 0 Å². The second-order valence-electron chi connectivity index (χ2n) is 5.28. The summed E-state index contributed by atoms with van der Waals surface area (Å²) >= 11 is 0. The van der Waals surface area contributed by atoms with Gasteiger partial charge in [0.2, 0.25) is 5.91 Å². The molecule has 6 nitrogen and oxygen atoms in total. The zero-order valence-electron chi connectivity index (χ0n) is 12.0. The van der Waals surface area contributed by atoms with Crippen LogP contribution in [0.15, 0.2) is 29.4 Å². The molecule has 0 atom stereocenters. The molecule has 110 valence electrons. The van der Waals surface area contributed by atoms with E-state index in [9.17, 15) is 9.90 Å². The van der Waals surface area contributed by atoms with E-state index in [-0.39, 0.29) is 24.8 Å². The highest BCUT2D eigenvalue weighted by Crippen LogP contribution is 2.14. The average Bonchev–Trinajstić information content (AvgIpc) is 2.46. The van der Waals surface area contributed by atoms with Crippen molar-refractivity contribution in [3.05, 3.63) is 35.4 Å². The van der Waals surface area contributed by atoms with Crippen LogP contribution in [-0.2, 0) is 11.2 Å². The van der Waals surface area contributed by atoms with Gasteiger partial charge in [-0.3, -0.25) is 4.79 Å². The van der Waals surface area contributed by atoms with E-state index >= 15 is 0 Å². The first-order valence-corrected chi connectivity index (χ1v) is 6.26. The minimum atomic E-state index is -0.592. The van der Waals surface area contributed by atoms with Crippen molar-refractivity contribution in [1.82, 2.24) is 4.90 Å². The molecule has 4 N–H and O–H groups in total. The number of aliphatic hydroxyl groups excluding tert-OH is 1. The maximum Gasteiger partial charge on any atom is 0.227 e. The number of carbonyl (C=O) groups excluding carboxylic acids is 1. The van der Waals surface area contributed by atoms with E-state index in [4.69, 9.17) is 10.9 Å². The summed E-state index contributed by atoms with van der Waals surface area (Å²) in [5.74, 6) is -0.0537. The summed E-state index contributed by atoms with van der Waals surface area (Å²) in [4.78, 5) is 13.7. The second-order valence-corrected chi connectivity index (χ2v) is 5.28. The van der Waals surface area contributed by atoms with E-state index in [2.05, 4.69) is 5.16 Å². The molecule has 0 saturated carbocycles. The molecule has 0 radical (unpaired) electrons. The van der Waals surface area contributed by atoms with Crippen molar-refractivity contribution in [2.75, 3.05) is 13.7 Å². The van der Waals surface area contributed by atoms with Gasteiger partial charge in [0.05, 0.1) is 18.6 Å². The maximum absolute atomic E-state index is 12.1. The van der Waals surface area contributed by atoms with Crippen LogP contribution in [0.1, 0.15) is 25.0 Å². The molecule has 0 spiro atoms. The summed E-state index contributed by atoms with van der Waals surface area (Å²) < 4.78 is 0. The molecule has 0 saturated heterocycles. The van der Waals surface area contributed by atoms with Crippen molar-refractivity contribution >= 4 is 11.7 Å². The quantitative estimate of drug-likeness (QED) is 0.317. The van der Waals surface area contributed by atoms with Gasteiger partial charge >= 0.3 is 0 Å². The third-order valence-electron chi connectivity index (χ3n) is 3.38. The molecule has 20 heavy (non-hydrogen) atoms. The third kappa shape index (κ3) is 3.71. The number of hydrogen-bond acceptors (Lipinski definition) is 4. The Morgan fingerprint density at radius 2 is 1.90 bits per heavy atom. The van der Waals surface area contributed by atoms with Crippen molar-refractivity contribution in [3.8, 4) is 0 Å². The lowest BCUT2D eigenvalue weighted by Gasteiger charge is -2.34. The maximum atomic E-state index is 12.1. The minimum absolute atomic E-state index is 0.0291. The Hall–Kier alpha value is -2.08. The number of aliphatic hydroxyl groups is 1. The SMILES string of the molecule is CN(C(=O)Cc1ccc(/C(N)=N/O)cc1)C(C)(C)CO. The van der Waals surface area contributed by atoms with Crippen molar-refractivity contribution in [1.29, 1.82) is 0 Å². The van der Waals surface area contributed by atoms with Crippen LogP contribution in [0, 0.1) is 0 Å². The molecular formula is C14H21N3O3. The number of likely N-dealkylation sites (N-methyl/N-ethyl adjacent to an activating group) is 1. The summed E-state index contributed by atoms with van der Waals surface area (Å²) in [5, 5.41) is 20.7. The molecule has 0 aliphatic rings. The first kappa shape index (κ1) is 16.0. The monoisotopic (exact) mass is 279 g/mol. The predicted octanol–water partition coefficient (Wildman–Crippen LogP) is 0.553. The topological polar surface area (TPSA) is 99.2 Å². The predicted molar refractivity (Wildman–Crippen MR) is 76.6 cm³/mol. The summed E-state index contributed by atoms with van der Waals surface area (Å²) in [6.45, 7) is 3.50. The largest absolute Gasteiger partial charge is 0.409 e. The van der Waals surface area contributed by atoms with Gasteiger partial charge in [-0.05, 0) is 19.4 Å². The molecule has 0 aromatic heterocycles. The number of rotatable bonds is 5. The summed E-state index contributed by atoms with van der Waals surface area (Å²) in [6, 6.07) is 6.89. The first-order chi connectivity index (χ1) is 9.31. The lowest BCUT2D eigenvalue weighted by Crippen LogP contribution is -2.48. The number of nitrogens with zero attached hydrogens (tertiary/aromatic N) is 2. The third-order valence-corrected chi connectivity index (χ3v) is 3.38. The van der Waals surface area contributed by atoms with Crippen LogP contribution >= 0.6 is 0 Å². The van der Waals surface area contributed by atoms with Crippen LogP contribution < -0.4 is 5.73 Å². The Bertz CT molecular complexity index is 495. The van der Waals surface area contributed by atoms with Gasteiger partial charge in [-0.1, -0.05) is 29.4 Å². The summed E-state index contributed by atoms with van der Waals surface area (Å²) in [6.07, 6.45) is 0.233. The second kappa shape index (κ2) is 6.38. The molecule has 0 heterocycles. The van der Waals surface area contributed by atoms with Gasteiger partial charge in [-0.25, -0.2) is 0 Å². The van der Waals surface area contributed by atoms with E-state index in [0.717, 1.165) is 5.56 Å². The zero-order valence-corrected chi connectivity index (χ0v) is 12.0. The van der Waals surface area contributed by atoms with Gasteiger partial charge in [0.1, 0.15) is 0 Å². The van der Waals surface area contributed by atoms with Crippen molar-refractivity contribution in [3.63, 3.8) is 0 Å². The number of amides is 1. The van der Waals surface area contributed by atoms with Crippen LogP contribution in [0.2, 0.25) is 0 Å². The molecule has 0 bridgehead atoms. The normalized spacial score (nSPS) is 12.3. The molecule has 0 fully saturated rings. The van der Waals surface area contributed by atoms with Gasteiger partial charge in [-0.2, -0.15) is 0 Å². The molecule has 0 aliphatic heterocycles. The van der Waals surface area contributed by atoms with Crippen LogP contribution in [0.4, 0.5) is 0 Å². The number of benzene rings is 1.